The second kappa shape index (κ2) is 3.66. The molecule has 0 aliphatic heterocycles. The molecule has 70 valence electrons. The molecule has 1 heterocycles. The third-order valence-corrected chi connectivity index (χ3v) is 2.10. The van der Waals surface area contributed by atoms with Gasteiger partial charge in [-0.3, -0.25) is 9.78 Å². The lowest BCUT2D eigenvalue weighted by Crippen LogP contribution is -2.19. The molecule has 0 unspecified atom stereocenters. The van der Waals surface area contributed by atoms with Gasteiger partial charge in [0, 0.05) is 30.6 Å². The van der Waals surface area contributed by atoms with Gasteiger partial charge in [-0.25, -0.2) is 0 Å². The molecule has 0 spiro atoms. The van der Waals surface area contributed by atoms with Crippen LogP contribution in [0.3, 0.4) is 0 Å². The van der Waals surface area contributed by atoms with Crippen molar-refractivity contribution in [3.8, 4) is 0 Å². The van der Waals surface area contributed by atoms with E-state index in [1.54, 1.807) is 19.4 Å². The fourth-order valence-electron chi connectivity index (χ4n) is 0.969. The number of rotatable bonds is 3. The topological polar surface area (TPSA) is 39.2 Å². The molecule has 0 atom stereocenters. The lowest BCUT2D eigenvalue weighted by Gasteiger charge is -2.22. The first-order chi connectivity index (χ1) is 6.10. The Morgan fingerprint density at radius 2 is 2.15 bits per heavy atom. The van der Waals surface area contributed by atoms with Gasteiger partial charge in [0.25, 0.3) is 0 Å². The fraction of sp³-hybridized carbons (Fsp3) is 0.400. The smallest absolute Gasteiger partial charge is 0.151 e. The maximum absolute atomic E-state index is 10.5. The molecule has 1 aromatic heterocycles. The van der Waals surface area contributed by atoms with Crippen LogP contribution in [0.15, 0.2) is 18.5 Å². The van der Waals surface area contributed by atoms with Gasteiger partial charge in [-0.05, 0) is 19.9 Å². The number of pyridine rings is 1. The number of carbonyl (C=O) groups is 1. The van der Waals surface area contributed by atoms with Crippen LogP contribution in [0.1, 0.15) is 29.8 Å². The minimum Gasteiger partial charge on any atom is -0.374 e. The van der Waals surface area contributed by atoms with Crippen LogP contribution in [0.2, 0.25) is 0 Å². The van der Waals surface area contributed by atoms with E-state index in [1.807, 2.05) is 13.8 Å². The Morgan fingerprint density at radius 3 is 2.69 bits per heavy atom. The Morgan fingerprint density at radius 1 is 1.46 bits per heavy atom. The quantitative estimate of drug-likeness (QED) is 0.664. The molecule has 0 bridgehead atoms. The molecule has 0 fully saturated rings. The molecular weight excluding hydrogens is 166 g/mol. The molecule has 13 heavy (non-hydrogen) atoms. The van der Waals surface area contributed by atoms with E-state index in [9.17, 15) is 4.79 Å². The highest BCUT2D eigenvalue weighted by atomic mass is 16.5. The van der Waals surface area contributed by atoms with Crippen molar-refractivity contribution < 1.29 is 9.53 Å². The number of carbonyl (C=O) groups excluding carboxylic acids is 1. The number of hydrogen-bond acceptors (Lipinski definition) is 3. The molecule has 3 nitrogen and oxygen atoms in total. The zero-order chi connectivity index (χ0) is 9.90. The summed E-state index contributed by atoms with van der Waals surface area (Å²) in [6.07, 6.45) is 4.01. The minimum absolute atomic E-state index is 0.397. The molecule has 0 aliphatic rings. The zero-order valence-corrected chi connectivity index (χ0v) is 8.07. The maximum atomic E-state index is 10.5. The van der Waals surface area contributed by atoms with E-state index in [2.05, 4.69) is 4.98 Å². The molecule has 0 saturated heterocycles. The predicted octanol–water partition coefficient (Wildman–Crippen LogP) is 1.78. The van der Waals surface area contributed by atoms with Crippen LogP contribution >= 0.6 is 0 Å². The summed E-state index contributed by atoms with van der Waals surface area (Å²) >= 11 is 0. The average Bonchev–Trinajstić information content (AvgIpc) is 2.18. The molecule has 3 heteroatoms. The Labute approximate surface area is 77.8 Å². The largest absolute Gasteiger partial charge is 0.374 e. The lowest BCUT2D eigenvalue weighted by atomic mass is 9.99. The Balaban J connectivity index is 3.08. The Hall–Kier alpha value is -1.22. The third kappa shape index (κ3) is 2.12. The first-order valence-corrected chi connectivity index (χ1v) is 4.06. The molecule has 0 saturated carbocycles. The highest BCUT2D eigenvalue weighted by Crippen LogP contribution is 2.22. The van der Waals surface area contributed by atoms with E-state index in [-0.39, 0.29) is 0 Å². The summed E-state index contributed by atoms with van der Waals surface area (Å²) in [5.74, 6) is 0. The van der Waals surface area contributed by atoms with Crippen LogP contribution in [0, 0.1) is 0 Å². The Kier molecular flexibility index (Phi) is 2.78. The van der Waals surface area contributed by atoms with Crippen molar-refractivity contribution in [2.24, 2.45) is 0 Å². The summed E-state index contributed by atoms with van der Waals surface area (Å²) in [6, 6.07) is 1.78. The predicted molar refractivity (Wildman–Crippen MR) is 49.7 cm³/mol. The first-order valence-electron chi connectivity index (χ1n) is 4.06. The van der Waals surface area contributed by atoms with E-state index in [1.165, 1.54) is 6.20 Å². The van der Waals surface area contributed by atoms with Gasteiger partial charge >= 0.3 is 0 Å². The van der Waals surface area contributed by atoms with E-state index in [0.717, 1.165) is 11.8 Å². The van der Waals surface area contributed by atoms with Gasteiger partial charge in [0.05, 0.1) is 5.60 Å². The van der Waals surface area contributed by atoms with Gasteiger partial charge in [-0.1, -0.05) is 0 Å². The number of hydrogen-bond donors (Lipinski definition) is 0. The summed E-state index contributed by atoms with van der Waals surface area (Å²) in [5, 5.41) is 0. The van der Waals surface area contributed by atoms with Crippen molar-refractivity contribution in [2.75, 3.05) is 7.11 Å². The van der Waals surface area contributed by atoms with Crippen LogP contribution in [-0.4, -0.2) is 18.4 Å². The van der Waals surface area contributed by atoms with Crippen LogP contribution in [0.5, 0.6) is 0 Å². The van der Waals surface area contributed by atoms with Crippen molar-refractivity contribution >= 4 is 6.29 Å². The van der Waals surface area contributed by atoms with Crippen LogP contribution in [0.25, 0.3) is 0 Å². The molecule has 0 aliphatic carbocycles. The van der Waals surface area contributed by atoms with Crippen LogP contribution < -0.4 is 0 Å². The van der Waals surface area contributed by atoms with E-state index in [0.29, 0.717) is 5.56 Å². The summed E-state index contributed by atoms with van der Waals surface area (Å²) in [6.45, 7) is 3.86. The van der Waals surface area contributed by atoms with E-state index >= 15 is 0 Å². The fourth-order valence-corrected chi connectivity index (χ4v) is 0.969. The number of nitrogens with zero attached hydrogens (tertiary/aromatic N) is 1. The second-order valence-corrected chi connectivity index (χ2v) is 3.34. The zero-order valence-electron chi connectivity index (χ0n) is 8.07. The maximum Gasteiger partial charge on any atom is 0.151 e. The summed E-state index contributed by atoms with van der Waals surface area (Å²) in [5.41, 5.74) is 1.08. The normalized spacial score (nSPS) is 11.3. The lowest BCUT2D eigenvalue weighted by molar-refractivity contribution is 0.0189. The Bertz CT molecular complexity index is 308. The molecular formula is C10H13NO2. The van der Waals surface area contributed by atoms with Crippen molar-refractivity contribution in [1.29, 1.82) is 0 Å². The SMILES string of the molecule is COC(C)(C)c1cncc(C=O)c1. The number of methoxy groups -OCH3 is 1. The van der Waals surface area contributed by atoms with Gasteiger partial charge in [0.1, 0.15) is 0 Å². The van der Waals surface area contributed by atoms with Crippen LogP contribution in [0.4, 0.5) is 0 Å². The van der Waals surface area contributed by atoms with Crippen molar-refractivity contribution in [3.63, 3.8) is 0 Å². The number of ether oxygens (including phenoxy) is 1. The number of aldehydes is 1. The average molecular weight is 179 g/mol. The van der Waals surface area contributed by atoms with Gasteiger partial charge in [-0.2, -0.15) is 0 Å². The molecule has 0 N–H and O–H groups in total. The molecule has 1 aromatic rings. The highest BCUT2D eigenvalue weighted by Gasteiger charge is 2.19. The summed E-state index contributed by atoms with van der Waals surface area (Å²) in [7, 11) is 1.63. The van der Waals surface area contributed by atoms with Crippen molar-refractivity contribution in [3.05, 3.63) is 29.6 Å². The van der Waals surface area contributed by atoms with Crippen molar-refractivity contribution in [2.45, 2.75) is 19.4 Å². The molecule has 0 radical (unpaired) electrons. The monoisotopic (exact) mass is 179 g/mol. The molecule has 0 amide bonds. The standard InChI is InChI=1S/C10H13NO2/c1-10(2,13-3)9-4-8(7-12)5-11-6-9/h4-7H,1-3H3. The van der Waals surface area contributed by atoms with Gasteiger partial charge in [0.2, 0.25) is 0 Å². The summed E-state index contributed by atoms with van der Waals surface area (Å²) in [4.78, 5) is 14.5. The molecule has 0 aromatic carbocycles. The van der Waals surface area contributed by atoms with Crippen molar-refractivity contribution in [1.82, 2.24) is 4.98 Å². The minimum atomic E-state index is -0.397. The van der Waals surface area contributed by atoms with Gasteiger partial charge in [0.15, 0.2) is 6.29 Å². The van der Waals surface area contributed by atoms with E-state index < -0.39 is 5.60 Å². The van der Waals surface area contributed by atoms with Gasteiger partial charge in [-0.15, -0.1) is 0 Å². The second-order valence-electron chi connectivity index (χ2n) is 3.34. The van der Waals surface area contributed by atoms with Crippen LogP contribution in [-0.2, 0) is 10.3 Å². The first kappa shape index (κ1) is 9.86. The highest BCUT2D eigenvalue weighted by molar-refractivity contribution is 5.74. The molecule has 1 rings (SSSR count). The third-order valence-electron chi connectivity index (χ3n) is 2.10. The van der Waals surface area contributed by atoms with E-state index in [4.69, 9.17) is 4.74 Å². The number of aromatic nitrogens is 1. The van der Waals surface area contributed by atoms with Gasteiger partial charge < -0.3 is 4.74 Å². The summed E-state index contributed by atoms with van der Waals surface area (Å²) < 4.78 is 5.27.